The molecule has 1 aliphatic rings. The van der Waals surface area contributed by atoms with Crippen molar-refractivity contribution >= 4 is 12.1 Å². The van der Waals surface area contributed by atoms with E-state index in [4.69, 9.17) is 9.47 Å². The molecule has 6 heteroatoms. The Kier molecular flexibility index (Phi) is 5.98. The summed E-state index contributed by atoms with van der Waals surface area (Å²) in [6, 6.07) is 9.31. The third-order valence-corrected chi connectivity index (χ3v) is 4.06. The van der Waals surface area contributed by atoms with E-state index in [0.717, 1.165) is 5.56 Å². The third kappa shape index (κ3) is 4.69. The average Bonchev–Trinajstić information content (AvgIpc) is 2.55. The second kappa shape index (κ2) is 7.97. The van der Waals surface area contributed by atoms with Gasteiger partial charge in [0.25, 0.3) is 0 Å². The van der Waals surface area contributed by atoms with Gasteiger partial charge in [0.1, 0.15) is 6.10 Å². The number of amides is 1. The van der Waals surface area contributed by atoms with E-state index >= 15 is 0 Å². The van der Waals surface area contributed by atoms with E-state index in [1.54, 1.807) is 0 Å². The Hall–Kier alpha value is -2.08. The van der Waals surface area contributed by atoms with Gasteiger partial charge in [-0.3, -0.25) is 4.79 Å². The highest BCUT2D eigenvalue weighted by Gasteiger charge is 2.34. The van der Waals surface area contributed by atoms with Crippen molar-refractivity contribution < 1.29 is 24.2 Å². The molecular formula is C17H23NO5. The molecular weight excluding hydrogens is 298 g/mol. The first-order valence-corrected chi connectivity index (χ1v) is 7.76. The van der Waals surface area contributed by atoms with E-state index in [-0.39, 0.29) is 18.6 Å². The van der Waals surface area contributed by atoms with Gasteiger partial charge in [-0.15, -0.1) is 0 Å². The average molecular weight is 321 g/mol. The fourth-order valence-corrected chi connectivity index (χ4v) is 2.96. The Morgan fingerprint density at radius 2 is 2.00 bits per heavy atom. The predicted octanol–water partition coefficient (Wildman–Crippen LogP) is 2.27. The molecule has 1 heterocycles. The maximum absolute atomic E-state index is 11.9. The van der Waals surface area contributed by atoms with Crippen molar-refractivity contribution in [2.24, 2.45) is 0 Å². The smallest absolute Gasteiger partial charge is 0.409 e. The van der Waals surface area contributed by atoms with Gasteiger partial charge in [0, 0.05) is 19.4 Å². The number of hydrogen-bond acceptors (Lipinski definition) is 5. The van der Waals surface area contributed by atoms with E-state index in [9.17, 15) is 14.7 Å². The number of carbonyl (C=O) groups excluding carboxylic acids is 2. The van der Waals surface area contributed by atoms with Crippen molar-refractivity contribution in [3.8, 4) is 0 Å². The van der Waals surface area contributed by atoms with Crippen LogP contribution in [0.3, 0.4) is 0 Å². The molecule has 126 valence electrons. The molecule has 1 fully saturated rings. The molecule has 3 atom stereocenters. The topological polar surface area (TPSA) is 76.1 Å². The maximum Gasteiger partial charge on any atom is 0.409 e. The molecule has 23 heavy (non-hydrogen) atoms. The number of aliphatic hydroxyl groups is 1. The minimum absolute atomic E-state index is 0.143. The van der Waals surface area contributed by atoms with Gasteiger partial charge in [0.2, 0.25) is 0 Å². The summed E-state index contributed by atoms with van der Waals surface area (Å²) in [5.74, 6) is -0.362. The molecule has 0 bridgehead atoms. The summed E-state index contributed by atoms with van der Waals surface area (Å²) in [5.41, 5.74) is 0.888. The SMILES string of the molecule is COC(=O)N1C[C@@H](O)CC[C@H]1C[C@H](OC(C)=O)c1ccccc1. The second-order valence-corrected chi connectivity index (χ2v) is 5.75. The van der Waals surface area contributed by atoms with Crippen LogP contribution in [0.25, 0.3) is 0 Å². The zero-order valence-electron chi connectivity index (χ0n) is 13.5. The van der Waals surface area contributed by atoms with Crippen LogP contribution in [0, 0.1) is 0 Å². The highest BCUT2D eigenvalue weighted by molar-refractivity contribution is 5.68. The molecule has 1 amide bonds. The van der Waals surface area contributed by atoms with Gasteiger partial charge in [-0.1, -0.05) is 30.3 Å². The van der Waals surface area contributed by atoms with E-state index in [1.165, 1.54) is 18.9 Å². The highest BCUT2D eigenvalue weighted by Crippen LogP contribution is 2.30. The zero-order valence-corrected chi connectivity index (χ0v) is 13.5. The van der Waals surface area contributed by atoms with Gasteiger partial charge < -0.3 is 19.5 Å². The Bertz CT molecular complexity index is 533. The summed E-state index contributed by atoms with van der Waals surface area (Å²) in [4.78, 5) is 24.9. The van der Waals surface area contributed by atoms with Gasteiger partial charge >= 0.3 is 12.1 Å². The molecule has 2 rings (SSSR count). The van der Waals surface area contributed by atoms with Crippen LogP contribution < -0.4 is 0 Å². The van der Waals surface area contributed by atoms with Crippen LogP contribution in [0.15, 0.2) is 30.3 Å². The molecule has 1 N–H and O–H groups in total. The lowest BCUT2D eigenvalue weighted by atomic mass is 9.93. The van der Waals surface area contributed by atoms with Crippen LogP contribution >= 0.6 is 0 Å². The lowest BCUT2D eigenvalue weighted by molar-refractivity contribution is -0.148. The summed E-state index contributed by atoms with van der Waals surface area (Å²) < 4.78 is 10.3. The van der Waals surface area contributed by atoms with Crippen molar-refractivity contribution in [1.82, 2.24) is 4.90 Å². The number of hydrogen-bond donors (Lipinski definition) is 1. The van der Waals surface area contributed by atoms with E-state index in [2.05, 4.69) is 0 Å². The molecule has 1 aromatic carbocycles. The molecule has 6 nitrogen and oxygen atoms in total. The summed E-state index contributed by atoms with van der Waals surface area (Å²) in [6.07, 6.45) is 0.283. The first kappa shape index (κ1) is 17.3. The zero-order chi connectivity index (χ0) is 16.8. The normalized spacial score (nSPS) is 22.3. The predicted molar refractivity (Wildman–Crippen MR) is 83.7 cm³/mol. The number of esters is 1. The van der Waals surface area contributed by atoms with Gasteiger partial charge in [-0.2, -0.15) is 0 Å². The van der Waals surface area contributed by atoms with E-state index in [1.807, 2.05) is 30.3 Å². The first-order valence-electron chi connectivity index (χ1n) is 7.76. The largest absolute Gasteiger partial charge is 0.458 e. The van der Waals surface area contributed by atoms with Crippen LogP contribution in [0.4, 0.5) is 4.79 Å². The monoisotopic (exact) mass is 321 g/mol. The van der Waals surface area contributed by atoms with Crippen molar-refractivity contribution in [2.75, 3.05) is 13.7 Å². The van der Waals surface area contributed by atoms with Gasteiger partial charge in [0.15, 0.2) is 0 Å². The number of likely N-dealkylation sites (tertiary alicyclic amines) is 1. The van der Waals surface area contributed by atoms with Crippen LogP contribution in [0.1, 0.15) is 37.9 Å². The number of nitrogens with zero attached hydrogens (tertiary/aromatic N) is 1. The van der Waals surface area contributed by atoms with Crippen LogP contribution in [-0.2, 0) is 14.3 Å². The molecule has 0 spiro atoms. The summed E-state index contributed by atoms with van der Waals surface area (Å²) in [7, 11) is 1.32. The van der Waals surface area contributed by atoms with Crippen LogP contribution in [0.2, 0.25) is 0 Å². The number of rotatable bonds is 4. The molecule has 1 saturated heterocycles. The number of piperidine rings is 1. The van der Waals surface area contributed by atoms with Gasteiger partial charge in [-0.05, 0) is 18.4 Å². The molecule has 1 aliphatic heterocycles. The lowest BCUT2D eigenvalue weighted by Gasteiger charge is -2.38. The number of methoxy groups -OCH3 is 1. The number of benzene rings is 1. The second-order valence-electron chi connectivity index (χ2n) is 5.75. The number of β-amino-alcohol motifs (C(OH)–C–C–N with tert-alkyl or cyclic N) is 1. The van der Waals surface area contributed by atoms with E-state index in [0.29, 0.717) is 19.3 Å². The summed E-state index contributed by atoms with van der Waals surface area (Å²) >= 11 is 0. The Balaban J connectivity index is 2.16. The minimum Gasteiger partial charge on any atom is -0.458 e. The summed E-state index contributed by atoms with van der Waals surface area (Å²) in [5, 5.41) is 9.80. The molecule has 0 radical (unpaired) electrons. The number of ether oxygens (including phenoxy) is 2. The maximum atomic E-state index is 11.9. The first-order chi connectivity index (χ1) is 11.0. The van der Waals surface area contributed by atoms with Crippen molar-refractivity contribution in [3.05, 3.63) is 35.9 Å². The lowest BCUT2D eigenvalue weighted by Crippen LogP contribution is -2.49. The minimum atomic E-state index is -0.547. The third-order valence-electron chi connectivity index (χ3n) is 4.06. The van der Waals surface area contributed by atoms with Crippen molar-refractivity contribution in [3.63, 3.8) is 0 Å². The highest BCUT2D eigenvalue weighted by atomic mass is 16.5. The van der Waals surface area contributed by atoms with Crippen LogP contribution in [-0.4, -0.2) is 47.9 Å². The van der Waals surface area contributed by atoms with Gasteiger partial charge in [0.05, 0.1) is 19.8 Å². The fraction of sp³-hybridized carbons (Fsp3) is 0.529. The summed E-state index contributed by atoms with van der Waals surface area (Å²) in [6.45, 7) is 1.61. The van der Waals surface area contributed by atoms with Crippen LogP contribution in [0.5, 0.6) is 0 Å². The standard InChI is InChI=1S/C17H23NO5/c1-12(19)23-16(13-6-4-3-5-7-13)10-14-8-9-15(20)11-18(14)17(21)22-2/h3-7,14-16,20H,8-11H2,1-2H3/t14-,15-,16-/m0/s1. The molecule has 0 aromatic heterocycles. The van der Waals surface area contributed by atoms with Crippen molar-refractivity contribution in [1.29, 1.82) is 0 Å². The molecule has 0 saturated carbocycles. The number of carbonyl (C=O) groups is 2. The van der Waals surface area contributed by atoms with Gasteiger partial charge in [-0.25, -0.2) is 4.79 Å². The molecule has 1 aromatic rings. The quantitative estimate of drug-likeness (QED) is 0.861. The fourth-order valence-electron chi connectivity index (χ4n) is 2.96. The molecule has 0 unspecified atom stereocenters. The molecule has 0 aliphatic carbocycles. The van der Waals surface area contributed by atoms with Crippen molar-refractivity contribution in [2.45, 2.75) is 44.4 Å². The Morgan fingerprint density at radius 3 is 2.61 bits per heavy atom. The Labute approximate surface area is 136 Å². The van der Waals surface area contributed by atoms with E-state index < -0.39 is 18.3 Å². The number of aliphatic hydroxyl groups excluding tert-OH is 1. The Morgan fingerprint density at radius 1 is 1.30 bits per heavy atom.